The second-order valence-corrected chi connectivity index (χ2v) is 8.07. The summed E-state index contributed by atoms with van der Waals surface area (Å²) in [4.78, 5) is 0. The van der Waals surface area contributed by atoms with Crippen molar-refractivity contribution in [1.82, 2.24) is 0 Å². The van der Waals surface area contributed by atoms with Crippen LogP contribution in [0.3, 0.4) is 0 Å². The van der Waals surface area contributed by atoms with Gasteiger partial charge in [-0.15, -0.1) is 0 Å². The molecule has 0 amide bonds. The van der Waals surface area contributed by atoms with Gasteiger partial charge in [0.15, 0.2) is 0 Å². The number of rotatable bonds is 8. The van der Waals surface area contributed by atoms with Crippen molar-refractivity contribution >= 4 is 5.57 Å². The Morgan fingerprint density at radius 1 is 0.862 bits per heavy atom. The number of hydrogen-bond donors (Lipinski definition) is 0. The molecule has 2 aromatic carbocycles. The fourth-order valence-corrected chi connectivity index (χ4v) is 3.86. The van der Waals surface area contributed by atoms with Crippen molar-refractivity contribution in [3.05, 3.63) is 71.3 Å². The van der Waals surface area contributed by atoms with E-state index in [2.05, 4.69) is 56.0 Å². The topological polar surface area (TPSA) is 9.23 Å². The molecule has 0 saturated carbocycles. The van der Waals surface area contributed by atoms with Gasteiger partial charge in [-0.25, -0.2) is 0 Å². The summed E-state index contributed by atoms with van der Waals surface area (Å²) in [5, 5.41) is 0. The highest BCUT2D eigenvalue weighted by Gasteiger charge is 2.14. The zero-order valence-corrected chi connectivity index (χ0v) is 18.0. The number of hydrogen-bond acceptors (Lipinski definition) is 1. The minimum atomic E-state index is 0.757. The van der Waals surface area contributed by atoms with E-state index >= 15 is 0 Å². The molecule has 0 heterocycles. The van der Waals surface area contributed by atoms with Crippen LogP contribution >= 0.6 is 0 Å². The van der Waals surface area contributed by atoms with Gasteiger partial charge in [-0.1, -0.05) is 69.6 Å². The van der Waals surface area contributed by atoms with E-state index < -0.39 is 0 Å². The van der Waals surface area contributed by atoms with E-state index in [4.69, 9.17) is 4.74 Å². The fourth-order valence-electron chi connectivity index (χ4n) is 3.86. The summed E-state index contributed by atoms with van der Waals surface area (Å²) < 4.78 is 5.62. The van der Waals surface area contributed by atoms with Crippen LogP contribution in [0.15, 0.2) is 54.6 Å². The highest BCUT2D eigenvalue weighted by atomic mass is 16.5. The molecule has 0 spiro atoms. The number of unbranched alkanes of at least 4 members (excludes halogenated alkanes) is 2. The van der Waals surface area contributed by atoms with Crippen molar-refractivity contribution in [3.8, 4) is 17.6 Å². The second kappa shape index (κ2) is 11.5. The van der Waals surface area contributed by atoms with Gasteiger partial charge >= 0.3 is 0 Å². The Kier molecular flexibility index (Phi) is 8.44. The molecule has 1 aliphatic carbocycles. The molecule has 1 heteroatoms. The van der Waals surface area contributed by atoms with Crippen LogP contribution in [0, 0.1) is 17.8 Å². The Bertz CT molecular complexity index is 831. The van der Waals surface area contributed by atoms with E-state index in [1.54, 1.807) is 0 Å². The summed E-state index contributed by atoms with van der Waals surface area (Å²) >= 11 is 0. The highest BCUT2D eigenvalue weighted by molar-refractivity contribution is 5.67. The molecule has 3 rings (SSSR count). The Hall–Kier alpha value is -2.46. The Morgan fingerprint density at radius 3 is 2.14 bits per heavy atom. The van der Waals surface area contributed by atoms with E-state index in [0.717, 1.165) is 35.8 Å². The molecule has 0 N–H and O–H groups in total. The molecule has 1 aliphatic rings. The zero-order valence-electron chi connectivity index (χ0n) is 18.0. The SMILES string of the molecule is CCCCCC1CC=C(c2ccc(C#Cc3ccc(OCCC)cc3)cc2)CC1. The predicted molar refractivity (Wildman–Crippen MR) is 124 cm³/mol. The molecule has 0 bridgehead atoms. The lowest BCUT2D eigenvalue weighted by atomic mass is 9.84. The Balaban J connectivity index is 1.55. The minimum Gasteiger partial charge on any atom is -0.494 e. The molecule has 0 aliphatic heterocycles. The summed E-state index contributed by atoms with van der Waals surface area (Å²) in [7, 11) is 0. The van der Waals surface area contributed by atoms with Crippen molar-refractivity contribution < 1.29 is 4.74 Å². The largest absolute Gasteiger partial charge is 0.494 e. The molecule has 1 nitrogen and oxygen atoms in total. The average Bonchev–Trinajstić information content (AvgIpc) is 2.78. The van der Waals surface area contributed by atoms with Gasteiger partial charge in [-0.05, 0) is 79.1 Å². The van der Waals surface area contributed by atoms with Gasteiger partial charge in [0.25, 0.3) is 0 Å². The van der Waals surface area contributed by atoms with E-state index in [1.807, 2.05) is 24.3 Å². The van der Waals surface area contributed by atoms with Crippen LogP contribution in [0.5, 0.6) is 5.75 Å². The van der Waals surface area contributed by atoms with Gasteiger partial charge in [-0.3, -0.25) is 0 Å². The molecule has 2 aromatic rings. The van der Waals surface area contributed by atoms with E-state index in [9.17, 15) is 0 Å². The van der Waals surface area contributed by atoms with Gasteiger partial charge in [-0.2, -0.15) is 0 Å². The molecule has 152 valence electrons. The van der Waals surface area contributed by atoms with Gasteiger partial charge in [0.1, 0.15) is 5.75 Å². The molecule has 0 aromatic heterocycles. The third-order valence-corrected chi connectivity index (χ3v) is 5.67. The molecule has 0 radical (unpaired) electrons. The van der Waals surface area contributed by atoms with Crippen LogP contribution in [0.1, 0.15) is 81.9 Å². The standard InChI is InChI=1S/C28H34O/c1-3-5-6-7-23-10-16-26(17-11-23)27-18-12-24(13-19-27)8-9-25-14-20-28(21-15-25)29-22-4-2/h12-16,18-21,23H,3-7,10-11,17,22H2,1-2H3. The van der Waals surface area contributed by atoms with Crippen molar-refractivity contribution in [2.45, 2.75) is 65.2 Å². The van der Waals surface area contributed by atoms with Gasteiger partial charge < -0.3 is 4.74 Å². The van der Waals surface area contributed by atoms with Gasteiger partial charge in [0.2, 0.25) is 0 Å². The first-order valence-corrected chi connectivity index (χ1v) is 11.3. The molecule has 1 unspecified atom stereocenters. The molecular weight excluding hydrogens is 352 g/mol. The quantitative estimate of drug-likeness (QED) is 0.334. The summed E-state index contributed by atoms with van der Waals surface area (Å²) in [6.45, 7) is 5.15. The number of benzene rings is 2. The highest BCUT2D eigenvalue weighted by Crippen LogP contribution is 2.32. The van der Waals surface area contributed by atoms with Crippen molar-refractivity contribution in [3.63, 3.8) is 0 Å². The zero-order chi connectivity index (χ0) is 20.3. The first-order chi connectivity index (χ1) is 14.3. The van der Waals surface area contributed by atoms with E-state index in [-0.39, 0.29) is 0 Å². The molecular formula is C28H34O. The van der Waals surface area contributed by atoms with Crippen LogP contribution in [-0.4, -0.2) is 6.61 Å². The molecule has 0 saturated heterocycles. The number of allylic oxidation sites excluding steroid dienone is 2. The monoisotopic (exact) mass is 386 g/mol. The minimum absolute atomic E-state index is 0.757. The number of ether oxygens (including phenoxy) is 1. The first-order valence-electron chi connectivity index (χ1n) is 11.3. The summed E-state index contributed by atoms with van der Waals surface area (Å²) in [5.41, 5.74) is 4.95. The maximum absolute atomic E-state index is 5.62. The van der Waals surface area contributed by atoms with Crippen LogP contribution in [-0.2, 0) is 0 Å². The fraction of sp³-hybridized carbons (Fsp3) is 0.429. The summed E-state index contributed by atoms with van der Waals surface area (Å²) in [5.74, 6) is 8.34. The normalized spacial score (nSPS) is 15.9. The second-order valence-electron chi connectivity index (χ2n) is 8.07. The van der Waals surface area contributed by atoms with Crippen LogP contribution < -0.4 is 4.74 Å². The van der Waals surface area contributed by atoms with Crippen molar-refractivity contribution in [2.75, 3.05) is 6.61 Å². The molecule has 1 atom stereocenters. The third kappa shape index (κ3) is 6.82. The van der Waals surface area contributed by atoms with Crippen LogP contribution in [0.25, 0.3) is 5.57 Å². The van der Waals surface area contributed by atoms with E-state index in [1.165, 1.54) is 56.1 Å². The van der Waals surface area contributed by atoms with Gasteiger partial charge in [0.05, 0.1) is 6.61 Å². The molecule has 0 fully saturated rings. The summed E-state index contributed by atoms with van der Waals surface area (Å²) in [6, 6.07) is 16.8. The predicted octanol–water partition coefficient (Wildman–Crippen LogP) is 7.64. The molecule has 29 heavy (non-hydrogen) atoms. The average molecular weight is 387 g/mol. The lowest BCUT2D eigenvalue weighted by Gasteiger charge is -2.22. The maximum Gasteiger partial charge on any atom is 0.119 e. The van der Waals surface area contributed by atoms with Crippen molar-refractivity contribution in [2.24, 2.45) is 5.92 Å². The first kappa shape index (κ1) is 21.3. The Labute approximate surface area is 177 Å². The van der Waals surface area contributed by atoms with E-state index in [0.29, 0.717) is 0 Å². The third-order valence-electron chi connectivity index (χ3n) is 5.67. The van der Waals surface area contributed by atoms with Crippen LogP contribution in [0.4, 0.5) is 0 Å². The van der Waals surface area contributed by atoms with Crippen molar-refractivity contribution in [1.29, 1.82) is 0 Å². The smallest absolute Gasteiger partial charge is 0.119 e. The summed E-state index contributed by atoms with van der Waals surface area (Å²) in [6.07, 6.45) is 12.8. The lowest BCUT2D eigenvalue weighted by Crippen LogP contribution is -2.05. The Morgan fingerprint density at radius 2 is 1.55 bits per heavy atom. The maximum atomic E-state index is 5.62. The lowest BCUT2D eigenvalue weighted by molar-refractivity contribution is 0.317. The van der Waals surface area contributed by atoms with Crippen LogP contribution in [0.2, 0.25) is 0 Å². The van der Waals surface area contributed by atoms with Gasteiger partial charge in [0, 0.05) is 11.1 Å².